The van der Waals surface area contributed by atoms with Gasteiger partial charge in [0.2, 0.25) is 5.95 Å². The van der Waals surface area contributed by atoms with Gasteiger partial charge in [0, 0.05) is 22.3 Å². The molecule has 2 aliphatic rings. The Kier molecular flexibility index (Phi) is 6.51. The number of hydrogen-bond donors (Lipinski definition) is 3. The van der Waals surface area contributed by atoms with Crippen molar-refractivity contribution in [3.05, 3.63) is 98.4 Å². The number of nitrogens with one attached hydrogen (secondary N) is 2. The molecule has 3 heterocycles. The number of hydrogen-bond acceptors (Lipinski definition) is 6. The number of amidine groups is 1. The molecule has 2 aromatic heterocycles. The van der Waals surface area contributed by atoms with Crippen LogP contribution < -0.4 is 21.9 Å². The van der Waals surface area contributed by atoms with Crippen molar-refractivity contribution in [2.45, 2.75) is 37.9 Å². The van der Waals surface area contributed by atoms with Gasteiger partial charge in [0.15, 0.2) is 0 Å². The normalized spacial score (nSPS) is 18.1. The van der Waals surface area contributed by atoms with Crippen LogP contribution in [0.3, 0.4) is 0 Å². The summed E-state index contributed by atoms with van der Waals surface area (Å²) in [5, 5.41) is 7.53. The van der Waals surface area contributed by atoms with E-state index in [-0.39, 0.29) is 17.6 Å². The number of nitrogens with two attached hydrogens (primary N) is 1. The highest BCUT2D eigenvalue weighted by Gasteiger charge is 2.38. The van der Waals surface area contributed by atoms with E-state index in [0.29, 0.717) is 40.0 Å². The molecule has 38 heavy (non-hydrogen) atoms. The zero-order valence-corrected chi connectivity index (χ0v) is 21.9. The van der Waals surface area contributed by atoms with Crippen LogP contribution in [0, 0.1) is 0 Å². The van der Waals surface area contributed by atoms with Gasteiger partial charge in [-0.2, -0.15) is 4.98 Å². The van der Waals surface area contributed by atoms with E-state index in [0.717, 1.165) is 36.1 Å². The fourth-order valence-electron chi connectivity index (χ4n) is 5.20. The van der Waals surface area contributed by atoms with Gasteiger partial charge in [-0.05, 0) is 49.1 Å². The summed E-state index contributed by atoms with van der Waals surface area (Å²) >= 11 is 12.2. The summed E-state index contributed by atoms with van der Waals surface area (Å²) in [4.78, 5) is 26.7. The lowest BCUT2D eigenvalue weighted by Gasteiger charge is -2.18. The minimum atomic E-state index is -0.414. The fourth-order valence-corrected chi connectivity index (χ4v) is 5.67. The van der Waals surface area contributed by atoms with E-state index in [9.17, 15) is 4.79 Å². The number of aromatic nitrogens is 3. The van der Waals surface area contributed by atoms with Gasteiger partial charge < -0.3 is 16.4 Å². The van der Waals surface area contributed by atoms with Gasteiger partial charge in [0.05, 0.1) is 18.3 Å². The minimum absolute atomic E-state index is 0.191. The van der Waals surface area contributed by atoms with Crippen LogP contribution in [0.1, 0.15) is 36.4 Å². The minimum Gasteiger partial charge on any atom is -0.384 e. The molecule has 6 rings (SSSR count). The van der Waals surface area contributed by atoms with Crippen LogP contribution in [0.2, 0.25) is 10.2 Å². The third-order valence-corrected chi connectivity index (χ3v) is 7.40. The SMILES string of the molecule is Nc1c(C(=NCc2ccc(-c3cc(Cl)cc(Cl)n3)cc2)Nc2ccccc2)c(=O)nc2n1[C@H]1CCC[C@H]1N2. The quantitative estimate of drug-likeness (QED) is 0.167. The van der Waals surface area contributed by atoms with Crippen LogP contribution in [-0.2, 0) is 6.54 Å². The van der Waals surface area contributed by atoms with Crippen molar-refractivity contribution in [1.82, 2.24) is 14.5 Å². The lowest BCUT2D eigenvalue weighted by atomic mass is 10.1. The molecule has 2 atom stereocenters. The zero-order chi connectivity index (χ0) is 26.2. The molecule has 4 aromatic rings. The van der Waals surface area contributed by atoms with Crippen LogP contribution in [0.4, 0.5) is 17.5 Å². The van der Waals surface area contributed by atoms with Crippen LogP contribution in [0.15, 0.2) is 76.5 Å². The molecule has 0 spiro atoms. The maximum atomic E-state index is 13.2. The number of aliphatic imine (C=N–C) groups is 1. The number of benzene rings is 2. The molecule has 1 aliphatic carbocycles. The van der Waals surface area contributed by atoms with Gasteiger partial charge in [0.1, 0.15) is 22.4 Å². The molecule has 0 unspecified atom stereocenters. The third-order valence-electron chi connectivity index (χ3n) is 6.99. The highest BCUT2D eigenvalue weighted by atomic mass is 35.5. The third kappa shape index (κ3) is 4.73. The monoisotopic (exact) mass is 545 g/mol. The second kappa shape index (κ2) is 10.1. The van der Waals surface area contributed by atoms with Crippen LogP contribution in [-0.4, -0.2) is 26.4 Å². The topological polar surface area (TPSA) is 110 Å². The predicted octanol–water partition coefficient (Wildman–Crippen LogP) is 5.77. The van der Waals surface area contributed by atoms with Gasteiger partial charge in [-0.1, -0.05) is 65.7 Å². The van der Waals surface area contributed by atoms with Crippen molar-refractivity contribution in [2.24, 2.45) is 4.99 Å². The van der Waals surface area contributed by atoms with Gasteiger partial charge in [-0.15, -0.1) is 0 Å². The van der Waals surface area contributed by atoms with Crippen molar-refractivity contribution in [3.8, 4) is 11.3 Å². The van der Waals surface area contributed by atoms with Crippen molar-refractivity contribution in [2.75, 3.05) is 16.4 Å². The lowest BCUT2D eigenvalue weighted by Crippen LogP contribution is -2.29. The standard InChI is InChI=1S/C28H25Cl2N7O/c29-18-13-21(34-23(30)14-18)17-11-9-16(10-12-17)15-32-26(33-19-5-2-1-3-6-19)24-25(31)37-22-8-4-7-20(22)35-28(37)36-27(24)38/h1-3,5-6,9-14,20,22H,4,7-8,15,31H2,(H,32,33)(H,35,36,38)/t20-,22+/m1/s1. The lowest BCUT2D eigenvalue weighted by molar-refractivity contribution is 0.536. The van der Waals surface area contributed by atoms with E-state index >= 15 is 0 Å². The van der Waals surface area contributed by atoms with Crippen molar-refractivity contribution in [1.29, 1.82) is 0 Å². The zero-order valence-electron chi connectivity index (χ0n) is 20.4. The number of para-hydroxylation sites is 1. The highest BCUT2D eigenvalue weighted by molar-refractivity contribution is 6.34. The fraction of sp³-hybridized carbons (Fsp3) is 0.214. The molecule has 0 radical (unpaired) electrons. The molecule has 0 amide bonds. The molecule has 192 valence electrons. The average molecular weight is 546 g/mol. The van der Waals surface area contributed by atoms with Crippen molar-refractivity contribution >= 4 is 46.5 Å². The summed E-state index contributed by atoms with van der Waals surface area (Å²) in [6.45, 7) is 0.324. The number of halogens is 2. The van der Waals surface area contributed by atoms with E-state index in [4.69, 9.17) is 33.9 Å². The number of anilines is 3. The molecule has 2 aromatic carbocycles. The molecule has 1 fully saturated rings. The molecule has 8 nitrogen and oxygen atoms in total. The van der Waals surface area contributed by atoms with E-state index in [1.165, 1.54) is 0 Å². The van der Waals surface area contributed by atoms with Crippen LogP contribution >= 0.6 is 23.2 Å². The second-order valence-electron chi connectivity index (χ2n) is 9.47. The summed E-state index contributed by atoms with van der Waals surface area (Å²) in [5.74, 6) is 1.30. The van der Waals surface area contributed by atoms with Gasteiger partial charge in [-0.25, -0.2) is 4.98 Å². The summed E-state index contributed by atoms with van der Waals surface area (Å²) in [7, 11) is 0. The maximum absolute atomic E-state index is 13.2. The number of rotatable bonds is 5. The maximum Gasteiger partial charge on any atom is 0.287 e. The van der Waals surface area contributed by atoms with Gasteiger partial charge in [-0.3, -0.25) is 14.4 Å². The van der Waals surface area contributed by atoms with Crippen molar-refractivity contribution < 1.29 is 0 Å². The summed E-state index contributed by atoms with van der Waals surface area (Å²) in [6.07, 6.45) is 3.14. The number of fused-ring (bicyclic) bond motifs is 3. The first-order chi connectivity index (χ1) is 18.5. The Hall–Kier alpha value is -3.88. The smallest absolute Gasteiger partial charge is 0.287 e. The largest absolute Gasteiger partial charge is 0.384 e. The van der Waals surface area contributed by atoms with E-state index < -0.39 is 5.56 Å². The molecule has 10 heteroatoms. The average Bonchev–Trinajstić information content (AvgIpc) is 3.48. The second-order valence-corrected chi connectivity index (χ2v) is 10.3. The Bertz CT molecular complexity index is 1570. The molecule has 1 aliphatic heterocycles. The van der Waals surface area contributed by atoms with Crippen LogP contribution in [0.5, 0.6) is 0 Å². The molecule has 0 saturated heterocycles. The van der Waals surface area contributed by atoms with E-state index in [2.05, 4.69) is 20.6 Å². The highest BCUT2D eigenvalue weighted by Crippen LogP contribution is 2.40. The Morgan fingerprint density at radius 2 is 1.87 bits per heavy atom. The van der Waals surface area contributed by atoms with Crippen LogP contribution in [0.25, 0.3) is 11.3 Å². The number of nitrogens with zero attached hydrogens (tertiary/aromatic N) is 4. The first-order valence-corrected chi connectivity index (χ1v) is 13.2. The summed E-state index contributed by atoms with van der Waals surface area (Å²) < 4.78 is 1.97. The molecular formula is C28H25Cl2N7O. The van der Waals surface area contributed by atoms with Gasteiger partial charge >= 0.3 is 0 Å². The molecule has 1 saturated carbocycles. The molecule has 4 N–H and O–H groups in total. The summed E-state index contributed by atoms with van der Waals surface area (Å²) in [6, 6.07) is 21.2. The predicted molar refractivity (Wildman–Crippen MR) is 153 cm³/mol. The Balaban J connectivity index is 1.35. The van der Waals surface area contributed by atoms with E-state index in [1.807, 2.05) is 59.2 Å². The molecular weight excluding hydrogens is 521 g/mol. The Labute approximate surface area is 229 Å². The first-order valence-electron chi connectivity index (χ1n) is 12.4. The van der Waals surface area contributed by atoms with Crippen molar-refractivity contribution in [3.63, 3.8) is 0 Å². The Morgan fingerprint density at radius 3 is 2.63 bits per heavy atom. The van der Waals surface area contributed by atoms with E-state index in [1.54, 1.807) is 12.1 Å². The summed E-state index contributed by atoms with van der Waals surface area (Å²) in [5.41, 5.74) is 9.83. The molecule has 0 bridgehead atoms. The number of nitrogen functional groups attached to an aromatic ring is 1. The first kappa shape index (κ1) is 24.5. The number of pyridine rings is 1. The Morgan fingerprint density at radius 1 is 1.08 bits per heavy atom. The van der Waals surface area contributed by atoms with Gasteiger partial charge in [0.25, 0.3) is 5.56 Å².